The lowest BCUT2D eigenvalue weighted by Crippen LogP contribution is -2.20. The number of nitrogens with zero attached hydrogens (tertiary/aromatic N) is 6. The van der Waals surface area contributed by atoms with E-state index in [0.717, 1.165) is 30.0 Å². The highest BCUT2D eigenvalue weighted by Gasteiger charge is 2.15. The summed E-state index contributed by atoms with van der Waals surface area (Å²) in [7, 11) is 1.71. The van der Waals surface area contributed by atoms with Crippen LogP contribution in [0.2, 0.25) is 0 Å². The highest BCUT2D eigenvalue weighted by atomic mass is 32.2. The van der Waals surface area contributed by atoms with E-state index in [1.54, 1.807) is 7.05 Å². The summed E-state index contributed by atoms with van der Waals surface area (Å²) in [5.74, 6) is 2.74. The van der Waals surface area contributed by atoms with Gasteiger partial charge >= 0.3 is 0 Å². The molecule has 0 atom stereocenters. The summed E-state index contributed by atoms with van der Waals surface area (Å²) >= 11 is 1.49. The predicted octanol–water partition coefficient (Wildman–Crippen LogP) is 1.94. The van der Waals surface area contributed by atoms with Crippen LogP contribution in [0.3, 0.4) is 0 Å². The van der Waals surface area contributed by atoms with Gasteiger partial charge in [0, 0.05) is 13.5 Å². The van der Waals surface area contributed by atoms with E-state index in [9.17, 15) is 4.79 Å². The Labute approximate surface area is 147 Å². The van der Waals surface area contributed by atoms with Crippen LogP contribution in [0.25, 0.3) is 16.7 Å². The van der Waals surface area contributed by atoms with Gasteiger partial charge in [-0.05, 0) is 18.6 Å². The zero-order valence-corrected chi connectivity index (χ0v) is 14.7. The van der Waals surface area contributed by atoms with Crippen LogP contribution in [0.15, 0.2) is 34.2 Å². The molecule has 128 valence electrons. The maximum Gasteiger partial charge on any atom is 0.262 e. The van der Waals surface area contributed by atoms with Crippen molar-refractivity contribution in [2.24, 2.45) is 7.05 Å². The van der Waals surface area contributed by atoms with Crippen LogP contribution in [-0.2, 0) is 19.2 Å². The Morgan fingerprint density at radius 1 is 1.24 bits per heavy atom. The molecule has 0 aliphatic heterocycles. The van der Waals surface area contributed by atoms with Crippen LogP contribution in [0.4, 0.5) is 0 Å². The second-order valence-electron chi connectivity index (χ2n) is 5.74. The maximum absolute atomic E-state index is 12.4. The molecule has 4 aromatic rings. The van der Waals surface area contributed by atoms with Crippen LogP contribution < -0.4 is 5.56 Å². The molecule has 0 radical (unpaired) electrons. The zero-order valence-electron chi connectivity index (χ0n) is 13.9. The first-order chi connectivity index (χ1) is 12.2. The molecule has 0 bridgehead atoms. The molecule has 1 aromatic carbocycles. The number of rotatable bonds is 5. The second kappa shape index (κ2) is 6.32. The van der Waals surface area contributed by atoms with Gasteiger partial charge in [0.1, 0.15) is 11.6 Å². The predicted molar refractivity (Wildman–Crippen MR) is 95.7 cm³/mol. The fourth-order valence-corrected chi connectivity index (χ4v) is 3.54. The number of benzene rings is 1. The fourth-order valence-electron chi connectivity index (χ4n) is 2.81. The minimum atomic E-state index is -0.0760. The molecule has 0 fully saturated rings. The van der Waals surface area contributed by atoms with Crippen molar-refractivity contribution in [2.75, 3.05) is 0 Å². The van der Waals surface area contributed by atoms with E-state index in [-0.39, 0.29) is 5.56 Å². The van der Waals surface area contributed by atoms with Crippen LogP contribution in [0.1, 0.15) is 25.0 Å². The SMILES string of the molecule is CCCc1nc(SCc2nnc3n(C)c(=O)c4ccccc4n23)n[nH]1. The monoisotopic (exact) mass is 355 g/mol. The molecule has 3 aromatic heterocycles. The summed E-state index contributed by atoms with van der Waals surface area (Å²) in [6, 6.07) is 7.50. The molecule has 4 rings (SSSR count). The number of hydrogen-bond donors (Lipinski definition) is 1. The number of aromatic amines is 1. The van der Waals surface area contributed by atoms with Crippen molar-refractivity contribution in [3.8, 4) is 0 Å². The lowest BCUT2D eigenvalue weighted by molar-refractivity contribution is 0.840. The number of aromatic nitrogens is 7. The molecule has 0 saturated heterocycles. The van der Waals surface area contributed by atoms with Crippen molar-refractivity contribution in [2.45, 2.75) is 30.7 Å². The summed E-state index contributed by atoms with van der Waals surface area (Å²) in [5.41, 5.74) is 0.732. The van der Waals surface area contributed by atoms with Gasteiger partial charge in [-0.1, -0.05) is 30.8 Å². The van der Waals surface area contributed by atoms with Crippen molar-refractivity contribution in [1.29, 1.82) is 0 Å². The number of thioether (sulfide) groups is 1. The summed E-state index contributed by atoms with van der Waals surface area (Å²) in [4.78, 5) is 16.9. The normalized spacial score (nSPS) is 11.6. The van der Waals surface area contributed by atoms with Gasteiger partial charge in [0.05, 0.1) is 16.7 Å². The molecule has 25 heavy (non-hydrogen) atoms. The van der Waals surface area contributed by atoms with Crippen LogP contribution >= 0.6 is 11.8 Å². The number of aryl methyl sites for hydroxylation is 2. The Morgan fingerprint density at radius 2 is 2.08 bits per heavy atom. The van der Waals surface area contributed by atoms with Crippen molar-refractivity contribution in [3.63, 3.8) is 0 Å². The number of fused-ring (bicyclic) bond motifs is 3. The quantitative estimate of drug-likeness (QED) is 0.550. The lowest BCUT2D eigenvalue weighted by atomic mass is 10.2. The third-order valence-corrected chi connectivity index (χ3v) is 4.86. The second-order valence-corrected chi connectivity index (χ2v) is 6.68. The molecule has 9 heteroatoms. The molecule has 0 saturated carbocycles. The maximum atomic E-state index is 12.4. The smallest absolute Gasteiger partial charge is 0.262 e. The van der Waals surface area contributed by atoms with Gasteiger partial charge in [0.15, 0.2) is 0 Å². The number of hydrogen-bond acceptors (Lipinski definition) is 6. The largest absolute Gasteiger partial charge is 0.279 e. The molecule has 0 aliphatic carbocycles. The van der Waals surface area contributed by atoms with E-state index >= 15 is 0 Å². The first kappa shape index (κ1) is 15.8. The van der Waals surface area contributed by atoms with Crippen molar-refractivity contribution in [3.05, 3.63) is 46.3 Å². The van der Waals surface area contributed by atoms with E-state index < -0.39 is 0 Å². The Balaban J connectivity index is 1.74. The van der Waals surface area contributed by atoms with Crippen molar-refractivity contribution >= 4 is 28.4 Å². The molecule has 8 nitrogen and oxygen atoms in total. The van der Waals surface area contributed by atoms with Crippen LogP contribution in [0, 0.1) is 0 Å². The molecule has 1 N–H and O–H groups in total. The third kappa shape index (κ3) is 2.70. The van der Waals surface area contributed by atoms with Gasteiger partial charge in [0.25, 0.3) is 5.56 Å². The minimum absolute atomic E-state index is 0.0760. The topological polar surface area (TPSA) is 93.8 Å². The van der Waals surface area contributed by atoms with Gasteiger partial charge in [-0.2, -0.15) is 0 Å². The molecular weight excluding hydrogens is 338 g/mol. The molecular formula is C16H17N7OS. The summed E-state index contributed by atoms with van der Waals surface area (Å²) in [6.45, 7) is 2.10. The Hall–Kier alpha value is -2.68. The van der Waals surface area contributed by atoms with E-state index in [0.29, 0.717) is 22.1 Å². The van der Waals surface area contributed by atoms with E-state index in [4.69, 9.17) is 0 Å². The van der Waals surface area contributed by atoms with Crippen LogP contribution in [-0.4, -0.2) is 34.3 Å². The standard InChI is InChI=1S/C16H17N7OS/c1-3-6-12-17-15(20-18-12)25-9-13-19-21-16-22(2)14(24)10-7-4-5-8-11(10)23(13)16/h4-5,7-8H,3,6,9H2,1-2H3,(H,17,18,20). The van der Waals surface area contributed by atoms with Gasteiger partial charge in [-0.25, -0.2) is 4.98 Å². The molecule has 3 heterocycles. The summed E-state index contributed by atoms with van der Waals surface area (Å²) < 4.78 is 3.44. The first-order valence-corrected chi connectivity index (χ1v) is 9.03. The molecule has 0 aliphatic rings. The molecule has 0 amide bonds. The number of para-hydroxylation sites is 1. The van der Waals surface area contributed by atoms with Crippen molar-refractivity contribution in [1.82, 2.24) is 34.3 Å². The average molecular weight is 355 g/mol. The van der Waals surface area contributed by atoms with E-state index in [2.05, 4.69) is 32.3 Å². The number of H-pyrrole nitrogens is 1. The van der Waals surface area contributed by atoms with Gasteiger partial charge in [-0.3, -0.25) is 18.9 Å². The Bertz CT molecular complexity index is 1110. The van der Waals surface area contributed by atoms with Gasteiger partial charge in [-0.15, -0.1) is 15.3 Å². The van der Waals surface area contributed by atoms with E-state index in [1.807, 2.05) is 28.7 Å². The minimum Gasteiger partial charge on any atom is -0.279 e. The molecule has 0 unspecified atom stereocenters. The Kier molecular flexibility index (Phi) is 4.00. The summed E-state index contributed by atoms with van der Waals surface area (Å²) in [5, 5.41) is 17.0. The summed E-state index contributed by atoms with van der Waals surface area (Å²) in [6.07, 6.45) is 1.91. The lowest BCUT2D eigenvalue weighted by Gasteiger charge is -2.07. The van der Waals surface area contributed by atoms with Crippen LogP contribution in [0.5, 0.6) is 0 Å². The third-order valence-electron chi connectivity index (χ3n) is 4.02. The van der Waals surface area contributed by atoms with Gasteiger partial charge < -0.3 is 0 Å². The fraction of sp³-hybridized carbons (Fsp3) is 0.312. The Morgan fingerprint density at radius 3 is 2.92 bits per heavy atom. The van der Waals surface area contributed by atoms with E-state index in [1.165, 1.54) is 16.3 Å². The van der Waals surface area contributed by atoms with Crippen molar-refractivity contribution < 1.29 is 0 Å². The highest BCUT2D eigenvalue weighted by Crippen LogP contribution is 2.21. The van der Waals surface area contributed by atoms with Gasteiger partial charge in [0.2, 0.25) is 10.9 Å². The first-order valence-electron chi connectivity index (χ1n) is 8.05. The number of nitrogens with one attached hydrogen (secondary N) is 1. The highest BCUT2D eigenvalue weighted by molar-refractivity contribution is 7.98. The average Bonchev–Trinajstić information content (AvgIpc) is 3.25. The zero-order chi connectivity index (χ0) is 17.4. The molecule has 0 spiro atoms.